The van der Waals surface area contributed by atoms with Crippen LogP contribution >= 0.6 is 0 Å². The van der Waals surface area contributed by atoms with Gasteiger partial charge in [0.05, 0.1) is 0 Å². The minimum atomic E-state index is -0.314. The van der Waals surface area contributed by atoms with Gasteiger partial charge in [0.25, 0.3) is 0 Å². The number of aromatic hydroxyl groups is 1. The highest BCUT2D eigenvalue weighted by Gasteiger charge is 2.05. The number of nitrogens with one attached hydrogen (secondary N) is 1. The predicted octanol–water partition coefficient (Wildman–Crippen LogP) is 2.78. The van der Waals surface area contributed by atoms with Gasteiger partial charge in [0.1, 0.15) is 11.6 Å². The lowest BCUT2D eigenvalue weighted by Gasteiger charge is -2.06. The summed E-state index contributed by atoms with van der Waals surface area (Å²) in [4.78, 5) is 11.7. The fourth-order valence-electron chi connectivity index (χ4n) is 1.91. The highest BCUT2D eigenvalue weighted by molar-refractivity contribution is 5.76. The Kier molecular flexibility index (Phi) is 4.71. The molecule has 0 saturated carbocycles. The third kappa shape index (κ3) is 4.09. The van der Waals surface area contributed by atoms with E-state index < -0.39 is 0 Å². The second-order valence-corrected chi connectivity index (χ2v) is 4.54. The Morgan fingerprint density at radius 3 is 2.70 bits per heavy atom. The van der Waals surface area contributed by atoms with Crippen LogP contribution in [0, 0.1) is 5.82 Å². The van der Waals surface area contributed by atoms with Gasteiger partial charge in [-0.3, -0.25) is 4.79 Å². The summed E-state index contributed by atoms with van der Waals surface area (Å²) in [7, 11) is 0. The van der Waals surface area contributed by atoms with Crippen LogP contribution < -0.4 is 5.32 Å². The monoisotopic (exact) mass is 273 g/mol. The van der Waals surface area contributed by atoms with Gasteiger partial charge in [-0.1, -0.05) is 30.3 Å². The van der Waals surface area contributed by atoms with Crippen LogP contribution in [0.4, 0.5) is 4.39 Å². The Hall–Kier alpha value is -2.36. The topological polar surface area (TPSA) is 49.3 Å². The molecule has 0 aromatic heterocycles. The normalized spacial score (nSPS) is 10.2. The van der Waals surface area contributed by atoms with Crippen molar-refractivity contribution in [2.24, 2.45) is 0 Å². The van der Waals surface area contributed by atoms with E-state index in [1.165, 1.54) is 12.1 Å². The molecular formula is C16H16FNO2. The van der Waals surface area contributed by atoms with Crippen molar-refractivity contribution in [3.05, 3.63) is 65.5 Å². The van der Waals surface area contributed by atoms with Gasteiger partial charge in [0.15, 0.2) is 0 Å². The zero-order valence-corrected chi connectivity index (χ0v) is 11.0. The summed E-state index contributed by atoms with van der Waals surface area (Å²) in [5.41, 5.74) is 1.47. The maximum absolute atomic E-state index is 13.0. The van der Waals surface area contributed by atoms with Crippen LogP contribution in [0.2, 0.25) is 0 Å². The van der Waals surface area contributed by atoms with Crippen molar-refractivity contribution in [3.63, 3.8) is 0 Å². The minimum absolute atomic E-state index is 0.127. The molecular weight excluding hydrogens is 257 g/mol. The fraction of sp³-hybridized carbons (Fsp3) is 0.188. The molecule has 0 aliphatic heterocycles. The van der Waals surface area contributed by atoms with Crippen LogP contribution in [-0.2, 0) is 17.8 Å². The number of benzene rings is 2. The van der Waals surface area contributed by atoms with Gasteiger partial charge in [-0.25, -0.2) is 4.39 Å². The summed E-state index contributed by atoms with van der Waals surface area (Å²) in [6.45, 7) is 0.303. The number of aryl methyl sites for hydroxylation is 1. The Labute approximate surface area is 117 Å². The van der Waals surface area contributed by atoms with Crippen molar-refractivity contribution >= 4 is 5.91 Å². The molecule has 4 heteroatoms. The first-order chi connectivity index (χ1) is 9.65. The number of phenolic OH excluding ortho intramolecular Hbond substituents is 1. The number of amides is 1. The van der Waals surface area contributed by atoms with E-state index in [-0.39, 0.29) is 23.9 Å². The molecule has 2 aromatic rings. The zero-order chi connectivity index (χ0) is 14.4. The van der Waals surface area contributed by atoms with Crippen LogP contribution in [0.25, 0.3) is 0 Å². The van der Waals surface area contributed by atoms with Crippen LogP contribution in [-0.4, -0.2) is 11.0 Å². The van der Waals surface area contributed by atoms with Gasteiger partial charge in [-0.15, -0.1) is 0 Å². The van der Waals surface area contributed by atoms with E-state index >= 15 is 0 Å². The van der Waals surface area contributed by atoms with Crippen molar-refractivity contribution in [2.45, 2.75) is 19.4 Å². The first-order valence-electron chi connectivity index (χ1n) is 6.43. The fourth-order valence-corrected chi connectivity index (χ4v) is 1.91. The maximum Gasteiger partial charge on any atom is 0.220 e. The number of rotatable bonds is 5. The Balaban J connectivity index is 1.80. The molecule has 0 unspecified atom stereocenters. The molecule has 0 bridgehead atoms. The predicted molar refractivity (Wildman–Crippen MR) is 74.7 cm³/mol. The highest BCUT2D eigenvalue weighted by Crippen LogP contribution is 2.17. The second kappa shape index (κ2) is 6.70. The standard InChI is InChI=1S/C16H16FNO2/c17-14-6-3-4-12(10-14)11-18-16(20)9-8-13-5-1-2-7-15(13)19/h1-7,10,19H,8-9,11H2,(H,18,20). The molecule has 2 rings (SSSR count). The number of halogens is 1. The summed E-state index contributed by atoms with van der Waals surface area (Å²) in [6, 6.07) is 13.1. The van der Waals surface area contributed by atoms with Gasteiger partial charge in [0.2, 0.25) is 5.91 Å². The summed E-state index contributed by atoms with van der Waals surface area (Å²) in [5, 5.41) is 12.3. The molecule has 0 spiro atoms. The van der Waals surface area contributed by atoms with Crippen LogP contribution in [0.3, 0.4) is 0 Å². The third-order valence-electron chi connectivity index (χ3n) is 2.99. The average molecular weight is 273 g/mol. The Morgan fingerprint density at radius 2 is 1.95 bits per heavy atom. The lowest BCUT2D eigenvalue weighted by atomic mass is 10.1. The van der Waals surface area contributed by atoms with Crippen molar-refractivity contribution in [2.75, 3.05) is 0 Å². The lowest BCUT2D eigenvalue weighted by Crippen LogP contribution is -2.23. The Bertz CT molecular complexity index is 599. The second-order valence-electron chi connectivity index (χ2n) is 4.54. The highest BCUT2D eigenvalue weighted by atomic mass is 19.1. The number of para-hydroxylation sites is 1. The number of hydrogen-bond donors (Lipinski definition) is 2. The molecule has 20 heavy (non-hydrogen) atoms. The summed E-state index contributed by atoms with van der Waals surface area (Å²) >= 11 is 0. The van der Waals surface area contributed by atoms with Crippen LogP contribution in [0.5, 0.6) is 5.75 Å². The van der Waals surface area contributed by atoms with Crippen LogP contribution in [0.1, 0.15) is 17.5 Å². The quantitative estimate of drug-likeness (QED) is 0.880. The van der Waals surface area contributed by atoms with Gasteiger partial charge in [-0.2, -0.15) is 0 Å². The van der Waals surface area contributed by atoms with E-state index in [1.54, 1.807) is 30.3 Å². The molecule has 2 aromatic carbocycles. The maximum atomic E-state index is 13.0. The van der Waals surface area contributed by atoms with E-state index in [9.17, 15) is 14.3 Å². The van der Waals surface area contributed by atoms with Gasteiger partial charge in [0, 0.05) is 13.0 Å². The average Bonchev–Trinajstić information content (AvgIpc) is 2.44. The smallest absolute Gasteiger partial charge is 0.220 e. The van der Waals surface area contributed by atoms with E-state index in [0.717, 1.165) is 11.1 Å². The molecule has 0 radical (unpaired) electrons. The zero-order valence-electron chi connectivity index (χ0n) is 11.0. The lowest BCUT2D eigenvalue weighted by molar-refractivity contribution is -0.121. The molecule has 0 atom stereocenters. The molecule has 2 N–H and O–H groups in total. The van der Waals surface area contributed by atoms with E-state index in [4.69, 9.17) is 0 Å². The van der Waals surface area contributed by atoms with Gasteiger partial charge < -0.3 is 10.4 Å². The van der Waals surface area contributed by atoms with Crippen LogP contribution in [0.15, 0.2) is 48.5 Å². The van der Waals surface area contributed by atoms with Crippen molar-refractivity contribution < 1.29 is 14.3 Å². The minimum Gasteiger partial charge on any atom is -0.508 e. The largest absolute Gasteiger partial charge is 0.508 e. The molecule has 1 amide bonds. The molecule has 0 fully saturated rings. The van der Waals surface area contributed by atoms with E-state index in [0.29, 0.717) is 13.0 Å². The van der Waals surface area contributed by atoms with Gasteiger partial charge >= 0.3 is 0 Å². The molecule has 0 heterocycles. The molecule has 0 aliphatic carbocycles. The van der Waals surface area contributed by atoms with E-state index in [2.05, 4.69) is 5.32 Å². The van der Waals surface area contributed by atoms with E-state index in [1.807, 2.05) is 6.07 Å². The molecule has 0 saturated heterocycles. The number of carbonyl (C=O) groups excluding carboxylic acids is 1. The number of phenols is 1. The van der Waals surface area contributed by atoms with Gasteiger partial charge in [-0.05, 0) is 35.7 Å². The first kappa shape index (κ1) is 14.1. The number of hydrogen-bond acceptors (Lipinski definition) is 2. The molecule has 0 aliphatic rings. The number of carbonyl (C=O) groups is 1. The Morgan fingerprint density at radius 1 is 1.15 bits per heavy atom. The van der Waals surface area contributed by atoms with Crippen molar-refractivity contribution in [1.29, 1.82) is 0 Å². The van der Waals surface area contributed by atoms with Crippen molar-refractivity contribution in [1.82, 2.24) is 5.32 Å². The third-order valence-corrected chi connectivity index (χ3v) is 2.99. The summed E-state index contributed by atoms with van der Waals surface area (Å²) in [6.07, 6.45) is 0.758. The first-order valence-corrected chi connectivity index (χ1v) is 6.43. The van der Waals surface area contributed by atoms with Crippen molar-refractivity contribution in [3.8, 4) is 5.75 Å². The molecule has 3 nitrogen and oxygen atoms in total. The summed E-state index contributed by atoms with van der Waals surface area (Å²) < 4.78 is 13.0. The molecule has 104 valence electrons. The SMILES string of the molecule is O=C(CCc1ccccc1O)NCc1cccc(F)c1. The summed E-state index contributed by atoms with van der Waals surface area (Å²) in [5.74, 6) is -0.242.